The predicted octanol–water partition coefficient (Wildman–Crippen LogP) is 3.64. The lowest BCUT2D eigenvalue weighted by atomic mass is 9.96. The Morgan fingerprint density at radius 2 is 1.67 bits per heavy atom. The molecule has 138 valence electrons. The first-order chi connectivity index (χ1) is 13.1. The highest BCUT2D eigenvalue weighted by atomic mass is 16.5. The van der Waals surface area contributed by atoms with Crippen LogP contribution in [0.2, 0.25) is 0 Å². The number of nitrogens with zero attached hydrogens (tertiary/aromatic N) is 1. The van der Waals surface area contributed by atoms with Gasteiger partial charge in [-0.2, -0.15) is 0 Å². The number of carbonyl (C=O) groups is 2. The van der Waals surface area contributed by atoms with Crippen LogP contribution in [-0.4, -0.2) is 34.5 Å². The fraction of sp³-hybridized carbons (Fsp3) is 0.182. The number of amides is 1. The van der Waals surface area contributed by atoms with E-state index in [4.69, 9.17) is 4.74 Å². The van der Waals surface area contributed by atoms with Gasteiger partial charge >= 0.3 is 5.97 Å². The van der Waals surface area contributed by atoms with Gasteiger partial charge in [-0.1, -0.05) is 48.5 Å². The summed E-state index contributed by atoms with van der Waals surface area (Å²) in [6.45, 7) is 1.91. The molecule has 1 atom stereocenters. The van der Waals surface area contributed by atoms with Crippen LogP contribution in [0.5, 0.6) is 0 Å². The zero-order valence-electron chi connectivity index (χ0n) is 15.0. The van der Waals surface area contributed by atoms with Crippen LogP contribution in [0.4, 0.5) is 0 Å². The van der Waals surface area contributed by atoms with Crippen molar-refractivity contribution in [2.45, 2.75) is 19.4 Å². The number of benzene rings is 2. The lowest BCUT2D eigenvalue weighted by Crippen LogP contribution is -2.42. The van der Waals surface area contributed by atoms with E-state index in [0.29, 0.717) is 12.0 Å². The molecule has 27 heavy (non-hydrogen) atoms. The van der Waals surface area contributed by atoms with Crippen LogP contribution < -0.4 is 0 Å². The molecule has 1 aliphatic heterocycles. The van der Waals surface area contributed by atoms with E-state index in [1.807, 2.05) is 36.4 Å². The van der Waals surface area contributed by atoms with Crippen molar-refractivity contribution in [1.82, 2.24) is 4.90 Å². The number of ether oxygens (including phenoxy) is 1. The summed E-state index contributed by atoms with van der Waals surface area (Å²) in [7, 11) is 0. The van der Waals surface area contributed by atoms with E-state index in [2.05, 4.69) is 0 Å². The summed E-state index contributed by atoms with van der Waals surface area (Å²) in [5.74, 6) is -1.01. The van der Waals surface area contributed by atoms with Crippen LogP contribution in [-0.2, 0) is 16.0 Å². The zero-order valence-corrected chi connectivity index (χ0v) is 15.0. The van der Waals surface area contributed by atoms with E-state index in [-0.39, 0.29) is 23.8 Å². The number of hydrogen-bond donors (Lipinski definition) is 1. The molecule has 0 aliphatic carbocycles. The molecule has 1 aliphatic rings. The molecule has 0 fully saturated rings. The zero-order chi connectivity index (χ0) is 19.2. The fourth-order valence-electron chi connectivity index (χ4n) is 3.01. The van der Waals surface area contributed by atoms with Crippen molar-refractivity contribution in [3.05, 3.63) is 95.4 Å². The molecular weight excluding hydrogens is 342 g/mol. The summed E-state index contributed by atoms with van der Waals surface area (Å²) < 4.78 is 5.02. The van der Waals surface area contributed by atoms with Crippen molar-refractivity contribution in [2.75, 3.05) is 6.61 Å². The molecule has 1 heterocycles. The molecule has 5 nitrogen and oxygen atoms in total. The maximum Gasteiger partial charge on any atom is 0.341 e. The van der Waals surface area contributed by atoms with Gasteiger partial charge in [-0.05, 0) is 30.7 Å². The first-order valence-electron chi connectivity index (χ1n) is 8.82. The van der Waals surface area contributed by atoms with E-state index in [0.717, 1.165) is 5.56 Å². The van der Waals surface area contributed by atoms with Crippen molar-refractivity contribution in [1.29, 1.82) is 0 Å². The third-order valence-electron chi connectivity index (χ3n) is 4.35. The number of carbonyl (C=O) groups excluding carboxylic acids is 2. The highest BCUT2D eigenvalue weighted by molar-refractivity contribution is 5.97. The minimum absolute atomic E-state index is 0.0786. The molecule has 0 unspecified atom stereocenters. The maximum absolute atomic E-state index is 13.0. The molecular formula is C22H21NO4. The third-order valence-corrected chi connectivity index (χ3v) is 4.35. The number of hydrogen-bond acceptors (Lipinski definition) is 4. The van der Waals surface area contributed by atoms with Crippen LogP contribution in [0.15, 0.2) is 84.3 Å². The van der Waals surface area contributed by atoms with Gasteiger partial charge in [0.05, 0.1) is 12.6 Å². The van der Waals surface area contributed by atoms with E-state index < -0.39 is 12.0 Å². The molecule has 0 radical (unpaired) electrons. The molecule has 2 aromatic carbocycles. The Bertz CT molecular complexity index is 872. The van der Waals surface area contributed by atoms with Gasteiger partial charge in [-0.15, -0.1) is 0 Å². The van der Waals surface area contributed by atoms with Gasteiger partial charge < -0.3 is 14.7 Å². The first-order valence-corrected chi connectivity index (χ1v) is 8.82. The minimum atomic E-state index is -0.690. The second-order valence-electron chi connectivity index (χ2n) is 6.12. The molecule has 1 amide bonds. The van der Waals surface area contributed by atoms with Crippen LogP contribution in [0.25, 0.3) is 0 Å². The fourth-order valence-corrected chi connectivity index (χ4v) is 3.01. The van der Waals surface area contributed by atoms with E-state index in [1.54, 1.807) is 31.2 Å². The molecule has 0 saturated heterocycles. The average Bonchev–Trinajstić information content (AvgIpc) is 2.70. The van der Waals surface area contributed by atoms with Crippen molar-refractivity contribution in [3.63, 3.8) is 0 Å². The Kier molecular flexibility index (Phi) is 5.71. The first kappa shape index (κ1) is 18.5. The van der Waals surface area contributed by atoms with Crippen molar-refractivity contribution in [3.8, 4) is 0 Å². The summed E-state index contributed by atoms with van der Waals surface area (Å²) in [5.41, 5.74) is 1.53. The number of rotatable bonds is 5. The van der Waals surface area contributed by atoms with Crippen molar-refractivity contribution in [2.24, 2.45) is 0 Å². The summed E-state index contributed by atoms with van der Waals surface area (Å²) >= 11 is 0. The average molecular weight is 363 g/mol. The highest BCUT2D eigenvalue weighted by Gasteiger charge is 2.33. The number of aliphatic hydroxyl groups excluding tert-OH is 1. The smallest absolute Gasteiger partial charge is 0.341 e. The minimum Gasteiger partial charge on any atom is -0.509 e. The second-order valence-corrected chi connectivity index (χ2v) is 6.12. The molecule has 0 spiro atoms. The molecule has 0 aromatic heterocycles. The normalized spacial score (nSPS) is 16.3. The lowest BCUT2D eigenvalue weighted by Gasteiger charge is -2.32. The van der Waals surface area contributed by atoms with Crippen molar-refractivity contribution < 1.29 is 19.4 Å². The lowest BCUT2D eigenvalue weighted by molar-refractivity contribution is -0.138. The molecule has 5 heteroatoms. The van der Waals surface area contributed by atoms with Gasteiger partial charge in [0, 0.05) is 18.2 Å². The standard InChI is InChI=1S/C22H21NO4/c1-2-27-22(26)18-13-14-23(21(25)17-11-7-4-8-12-17)19(20(18)24)15-16-9-5-3-6-10-16/h3-14,19,24H,2,15H2,1H3/t19-/m0/s1. The Morgan fingerprint density at radius 1 is 1.04 bits per heavy atom. The Hall–Kier alpha value is -3.34. The summed E-state index contributed by atoms with van der Waals surface area (Å²) in [5, 5.41) is 10.8. The quantitative estimate of drug-likeness (QED) is 0.824. The van der Waals surface area contributed by atoms with Crippen LogP contribution in [0, 0.1) is 0 Å². The van der Waals surface area contributed by atoms with Crippen molar-refractivity contribution >= 4 is 11.9 Å². The van der Waals surface area contributed by atoms with Crippen LogP contribution in [0.3, 0.4) is 0 Å². The maximum atomic E-state index is 13.0. The number of aliphatic hydroxyl groups is 1. The molecule has 0 saturated carbocycles. The topological polar surface area (TPSA) is 66.8 Å². The van der Waals surface area contributed by atoms with E-state index in [9.17, 15) is 14.7 Å². The van der Waals surface area contributed by atoms with E-state index >= 15 is 0 Å². The Balaban J connectivity index is 1.96. The van der Waals surface area contributed by atoms with E-state index in [1.165, 1.54) is 17.2 Å². The highest BCUT2D eigenvalue weighted by Crippen LogP contribution is 2.26. The molecule has 1 N–H and O–H groups in total. The van der Waals surface area contributed by atoms with Gasteiger partial charge in [0.15, 0.2) is 0 Å². The monoisotopic (exact) mass is 363 g/mol. The van der Waals surface area contributed by atoms with Gasteiger partial charge in [-0.25, -0.2) is 4.79 Å². The Morgan fingerprint density at radius 3 is 2.30 bits per heavy atom. The molecule has 2 aromatic rings. The molecule has 0 bridgehead atoms. The van der Waals surface area contributed by atoms with Gasteiger partial charge in [-0.3, -0.25) is 4.79 Å². The summed E-state index contributed by atoms with van der Waals surface area (Å²) in [6, 6.07) is 17.7. The number of esters is 1. The van der Waals surface area contributed by atoms with Gasteiger partial charge in [0.25, 0.3) is 5.91 Å². The summed E-state index contributed by atoms with van der Waals surface area (Å²) in [6.07, 6.45) is 3.34. The Labute approximate surface area is 158 Å². The largest absolute Gasteiger partial charge is 0.509 e. The summed E-state index contributed by atoms with van der Waals surface area (Å²) in [4.78, 5) is 26.6. The third kappa shape index (κ3) is 4.08. The second kappa shape index (κ2) is 8.36. The van der Waals surface area contributed by atoms with Gasteiger partial charge in [0.2, 0.25) is 0 Å². The predicted molar refractivity (Wildman–Crippen MR) is 102 cm³/mol. The molecule has 3 rings (SSSR count). The SMILES string of the molecule is CCOC(=O)C1=C(O)[C@H](Cc2ccccc2)N(C(=O)c2ccccc2)C=C1. The van der Waals surface area contributed by atoms with Crippen LogP contribution in [0.1, 0.15) is 22.8 Å². The van der Waals surface area contributed by atoms with Crippen LogP contribution >= 0.6 is 0 Å². The van der Waals surface area contributed by atoms with Gasteiger partial charge in [0.1, 0.15) is 11.3 Å².